The number of thiazole rings is 1. The number of carbonyl (C=O) groups is 2. The van der Waals surface area contributed by atoms with E-state index in [1.807, 2.05) is 0 Å². The first-order valence-corrected chi connectivity index (χ1v) is 12.0. The van der Waals surface area contributed by atoms with Crippen molar-refractivity contribution in [1.29, 1.82) is 0 Å². The Balaban J connectivity index is 1.56. The fraction of sp³-hybridized carbons (Fsp3) is 0.111. The molecule has 0 unspecified atom stereocenters. The number of benzene rings is 3. The molecule has 1 aliphatic heterocycles. The van der Waals surface area contributed by atoms with Crippen molar-refractivity contribution < 1.29 is 23.8 Å². The second-order valence-corrected chi connectivity index (χ2v) is 9.25. The molecule has 1 amide bonds. The van der Waals surface area contributed by atoms with Gasteiger partial charge in [-0.05, 0) is 55.0 Å². The molecule has 0 radical (unpaired) electrons. The minimum atomic E-state index is -0.856. The smallest absolute Gasteiger partial charge is 0.338 e. The van der Waals surface area contributed by atoms with Gasteiger partial charge in [-0.25, -0.2) is 9.78 Å². The number of fused-ring (bicyclic) bond motifs is 3. The zero-order valence-electron chi connectivity index (χ0n) is 18.9. The maximum atomic E-state index is 13.7. The molecule has 1 N–H and O–H groups in total. The zero-order valence-corrected chi connectivity index (χ0v) is 19.7. The van der Waals surface area contributed by atoms with Crippen molar-refractivity contribution in [3.05, 3.63) is 99.4 Å². The Morgan fingerprint density at radius 3 is 2.75 bits per heavy atom. The Bertz CT molecular complexity index is 1750. The molecule has 1 aliphatic rings. The van der Waals surface area contributed by atoms with Crippen LogP contribution in [0.15, 0.2) is 75.9 Å². The van der Waals surface area contributed by atoms with Gasteiger partial charge in [0.05, 0.1) is 39.4 Å². The second-order valence-electron chi connectivity index (χ2n) is 8.24. The normalized spacial score (nSPS) is 15.0. The van der Waals surface area contributed by atoms with Gasteiger partial charge in [-0.3, -0.25) is 14.5 Å². The van der Waals surface area contributed by atoms with Crippen LogP contribution >= 0.6 is 11.3 Å². The van der Waals surface area contributed by atoms with Crippen LogP contribution in [0.1, 0.15) is 45.0 Å². The number of aromatic nitrogens is 1. The maximum absolute atomic E-state index is 13.7. The van der Waals surface area contributed by atoms with E-state index in [1.165, 1.54) is 28.4 Å². The highest BCUT2D eigenvalue weighted by molar-refractivity contribution is 7.22. The van der Waals surface area contributed by atoms with Crippen LogP contribution in [0.4, 0.5) is 5.13 Å². The number of anilines is 1. The number of amides is 1. The third-order valence-corrected chi connectivity index (χ3v) is 7.08. The lowest BCUT2D eigenvalue weighted by atomic mass is 9.98. The van der Waals surface area contributed by atoms with Crippen LogP contribution in [0, 0.1) is 0 Å². The molecule has 0 spiro atoms. The van der Waals surface area contributed by atoms with Crippen LogP contribution in [0.5, 0.6) is 5.75 Å². The van der Waals surface area contributed by atoms with Gasteiger partial charge in [0.2, 0.25) is 5.76 Å². The fourth-order valence-electron chi connectivity index (χ4n) is 4.48. The Kier molecular flexibility index (Phi) is 5.08. The van der Waals surface area contributed by atoms with E-state index < -0.39 is 17.9 Å². The first-order valence-electron chi connectivity index (χ1n) is 11.2. The lowest BCUT2D eigenvalue weighted by molar-refractivity contribution is 0.0526. The van der Waals surface area contributed by atoms with Crippen LogP contribution in [0.2, 0.25) is 0 Å². The van der Waals surface area contributed by atoms with Gasteiger partial charge < -0.3 is 14.3 Å². The predicted octanol–water partition coefficient (Wildman–Crippen LogP) is 5.03. The first kappa shape index (κ1) is 22.0. The lowest BCUT2D eigenvalue weighted by Crippen LogP contribution is -2.29. The predicted molar refractivity (Wildman–Crippen MR) is 135 cm³/mol. The van der Waals surface area contributed by atoms with Crippen molar-refractivity contribution >= 4 is 49.5 Å². The molecular formula is C27H18N2O6S. The van der Waals surface area contributed by atoms with Crippen molar-refractivity contribution in [2.45, 2.75) is 13.0 Å². The van der Waals surface area contributed by atoms with E-state index in [-0.39, 0.29) is 29.1 Å². The molecule has 1 atom stereocenters. The SMILES string of the molecule is CCOC(=O)c1ccc2nc(N3C(=O)c4oc5ccccc5c(=O)c4[C@H]3c3cccc(O)c3)sc2c1. The number of ether oxygens (including phenoxy) is 1. The summed E-state index contributed by atoms with van der Waals surface area (Å²) < 4.78 is 11.7. The topological polar surface area (TPSA) is 110 Å². The number of phenols is 1. The average molecular weight is 499 g/mol. The van der Waals surface area contributed by atoms with Crippen LogP contribution in [0.25, 0.3) is 21.2 Å². The monoisotopic (exact) mass is 498 g/mol. The summed E-state index contributed by atoms with van der Waals surface area (Å²) in [5.74, 6) is -1.01. The highest BCUT2D eigenvalue weighted by atomic mass is 32.1. The Hall–Kier alpha value is -4.50. The Morgan fingerprint density at radius 2 is 1.94 bits per heavy atom. The summed E-state index contributed by atoms with van der Waals surface area (Å²) in [5, 5.41) is 10.9. The summed E-state index contributed by atoms with van der Waals surface area (Å²) in [7, 11) is 0. The van der Waals surface area contributed by atoms with Gasteiger partial charge in [-0.1, -0.05) is 35.6 Å². The molecule has 9 heteroatoms. The molecule has 0 saturated carbocycles. The number of carbonyl (C=O) groups excluding carboxylic acids is 2. The van der Waals surface area contributed by atoms with Crippen molar-refractivity contribution in [1.82, 2.24) is 4.98 Å². The molecule has 3 heterocycles. The molecule has 0 saturated heterocycles. The molecular weight excluding hydrogens is 480 g/mol. The third kappa shape index (κ3) is 3.36. The standard InChI is InChI=1S/C27H18N2O6S/c1-2-34-26(33)15-10-11-18-20(13-15)36-27(28-18)29-22(14-6-5-7-16(30)12-14)21-23(31)17-8-3-4-9-19(17)35-24(21)25(29)32/h3-13,22,30H,2H2,1H3/t22-/m1/s1. The van der Waals surface area contributed by atoms with E-state index >= 15 is 0 Å². The molecule has 5 aromatic rings. The van der Waals surface area contributed by atoms with Gasteiger partial charge in [0.15, 0.2) is 10.6 Å². The molecule has 8 nitrogen and oxygen atoms in total. The van der Waals surface area contributed by atoms with Crippen LogP contribution in [0.3, 0.4) is 0 Å². The number of para-hydroxylation sites is 1. The van der Waals surface area contributed by atoms with Crippen LogP contribution in [-0.2, 0) is 4.74 Å². The van der Waals surface area contributed by atoms with Gasteiger partial charge in [0.1, 0.15) is 11.3 Å². The highest BCUT2D eigenvalue weighted by Gasteiger charge is 2.45. The Labute approximate surface area is 208 Å². The number of phenolic OH excluding ortho intramolecular Hbond substituents is 1. The number of hydrogen-bond acceptors (Lipinski definition) is 8. The van der Waals surface area contributed by atoms with Gasteiger partial charge in [0.25, 0.3) is 5.91 Å². The van der Waals surface area contributed by atoms with Gasteiger partial charge in [-0.2, -0.15) is 0 Å². The summed E-state index contributed by atoms with van der Waals surface area (Å²) in [6.45, 7) is 1.99. The molecule has 178 valence electrons. The number of esters is 1. The van der Waals surface area contributed by atoms with E-state index in [0.29, 0.717) is 37.4 Å². The largest absolute Gasteiger partial charge is 0.508 e. The second kappa shape index (κ2) is 8.31. The van der Waals surface area contributed by atoms with Crippen molar-refractivity contribution in [3.8, 4) is 5.75 Å². The molecule has 0 fully saturated rings. The first-order chi connectivity index (χ1) is 17.5. The van der Waals surface area contributed by atoms with E-state index in [9.17, 15) is 19.5 Å². The number of hydrogen-bond donors (Lipinski definition) is 1. The molecule has 0 bridgehead atoms. The van der Waals surface area contributed by atoms with Gasteiger partial charge in [-0.15, -0.1) is 0 Å². The summed E-state index contributed by atoms with van der Waals surface area (Å²) in [4.78, 5) is 45.6. The summed E-state index contributed by atoms with van der Waals surface area (Å²) in [6.07, 6.45) is 0. The Morgan fingerprint density at radius 1 is 1.11 bits per heavy atom. The molecule has 3 aromatic carbocycles. The third-order valence-electron chi connectivity index (χ3n) is 6.06. The minimum Gasteiger partial charge on any atom is -0.508 e. The van der Waals surface area contributed by atoms with E-state index in [4.69, 9.17) is 9.15 Å². The summed E-state index contributed by atoms with van der Waals surface area (Å²) >= 11 is 1.21. The maximum Gasteiger partial charge on any atom is 0.338 e. The lowest BCUT2D eigenvalue weighted by Gasteiger charge is -2.22. The van der Waals surface area contributed by atoms with E-state index in [1.54, 1.807) is 61.5 Å². The van der Waals surface area contributed by atoms with Crippen molar-refractivity contribution in [2.24, 2.45) is 0 Å². The zero-order chi connectivity index (χ0) is 25.0. The number of rotatable bonds is 4. The molecule has 6 rings (SSSR count). The summed E-state index contributed by atoms with van der Waals surface area (Å²) in [5.41, 5.74) is 1.69. The highest BCUT2D eigenvalue weighted by Crippen LogP contribution is 2.44. The van der Waals surface area contributed by atoms with Crippen LogP contribution < -0.4 is 10.3 Å². The molecule has 0 aliphatic carbocycles. The van der Waals surface area contributed by atoms with E-state index in [0.717, 1.165) is 0 Å². The fourth-order valence-corrected chi connectivity index (χ4v) is 5.52. The van der Waals surface area contributed by atoms with Crippen molar-refractivity contribution in [2.75, 3.05) is 11.5 Å². The van der Waals surface area contributed by atoms with E-state index in [2.05, 4.69) is 4.98 Å². The average Bonchev–Trinajstić information content (AvgIpc) is 3.42. The van der Waals surface area contributed by atoms with Gasteiger partial charge >= 0.3 is 5.97 Å². The van der Waals surface area contributed by atoms with Gasteiger partial charge in [0, 0.05) is 0 Å². The summed E-state index contributed by atoms with van der Waals surface area (Å²) in [6, 6.07) is 17.3. The number of nitrogens with zero attached hydrogens (tertiary/aromatic N) is 2. The molecule has 36 heavy (non-hydrogen) atoms. The minimum absolute atomic E-state index is 0.00176. The molecule has 2 aromatic heterocycles. The van der Waals surface area contributed by atoms with Crippen molar-refractivity contribution in [3.63, 3.8) is 0 Å². The quantitative estimate of drug-likeness (QED) is 0.346. The van der Waals surface area contributed by atoms with Crippen LogP contribution in [-0.4, -0.2) is 28.6 Å². The number of aromatic hydroxyl groups is 1.